The second-order valence-corrected chi connectivity index (χ2v) is 8.19. The summed E-state index contributed by atoms with van der Waals surface area (Å²) in [5.74, 6) is 0. The van der Waals surface area contributed by atoms with Crippen molar-refractivity contribution in [3.63, 3.8) is 0 Å². The van der Waals surface area contributed by atoms with Gasteiger partial charge in [-0.15, -0.1) is 0 Å². The normalized spacial score (nSPS) is 19.7. The molecule has 1 aliphatic heterocycles. The number of benzene rings is 2. The molecule has 28 heavy (non-hydrogen) atoms. The van der Waals surface area contributed by atoms with E-state index in [1.165, 1.54) is 46.8 Å². The third-order valence-corrected chi connectivity index (χ3v) is 6.52. The molecule has 4 heteroatoms. The lowest BCUT2D eigenvalue weighted by atomic mass is 9.91. The average Bonchev–Trinajstić information content (AvgIpc) is 3.40. The molecule has 0 amide bonds. The van der Waals surface area contributed by atoms with Gasteiger partial charge in [-0.2, -0.15) is 0 Å². The van der Waals surface area contributed by atoms with Gasteiger partial charge in [0.05, 0.1) is 23.4 Å². The molecule has 3 heterocycles. The minimum Gasteiger partial charge on any atom is -0.370 e. The molecule has 1 atom stereocenters. The maximum Gasteiger partial charge on any atom is 0.0959 e. The number of hydrogen-bond acceptors (Lipinski definition) is 2. The van der Waals surface area contributed by atoms with Crippen molar-refractivity contribution < 1.29 is 0 Å². The first kappa shape index (κ1) is 16.0. The summed E-state index contributed by atoms with van der Waals surface area (Å²) in [6, 6.07) is 16.7. The van der Waals surface area contributed by atoms with Gasteiger partial charge in [0, 0.05) is 24.3 Å². The maximum atomic E-state index is 4.72. The Bertz CT molecular complexity index is 1180. The highest BCUT2D eigenvalue weighted by Gasteiger charge is 2.30. The van der Waals surface area contributed by atoms with Crippen molar-refractivity contribution in [1.29, 1.82) is 0 Å². The van der Waals surface area contributed by atoms with Crippen LogP contribution in [0.4, 0.5) is 0 Å². The summed E-state index contributed by atoms with van der Waals surface area (Å²) in [6.07, 6.45) is 13.9. The number of H-pyrrole nitrogens is 1. The monoisotopic (exact) mass is 368 g/mol. The molecular weight excluding hydrogens is 344 g/mol. The fourth-order valence-electron chi connectivity index (χ4n) is 4.71. The fraction of sp³-hybridized carbons (Fsp3) is 0.292. The molecule has 0 saturated heterocycles. The predicted molar refractivity (Wildman–Crippen MR) is 114 cm³/mol. The van der Waals surface area contributed by atoms with E-state index in [-0.39, 0.29) is 0 Å². The van der Waals surface area contributed by atoms with Gasteiger partial charge in [-0.1, -0.05) is 18.2 Å². The van der Waals surface area contributed by atoms with Crippen LogP contribution >= 0.6 is 0 Å². The number of rotatable bonds is 4. The Morgan fingerprint density at radius 2 is 1.93 bits per heavy atom. The lowest BCUT2D eigenvalue weighted by molar-refractivity contribution is 0.138. The average molecular weight is 368 g/mol. The Labute approximate surface area is 164 Å². The van der Waals surface area contributed by atoms with Crippen molar-refractivity contribution in [3.05, 3.63) is 67.3 Å². The van der Waals surface area contributed by atoms with E-state index in [0.29, 0.717) is 6.04 Å². The van der Waals surface area contributed by atoms with Gasteiger partial charge in [0.15, 0.2) is 0 Å². The quantitative estimate of drug-likeness (QED) is 0.529. The molecule has 1 saturated carbocycles. The first-order chi connectivity index (χ1) is 13.8. The van der Waals surface area contributed by atoms with E-state index in [1.54, 1.807) is 0 Å². The van der Waals surface area contributed by atoms with Crippen molar-refractivity contribution in [2.45, 2.75) is 44.3 Å². The van der Waals surface area contributed by atoms with Gasteiger partial charge in [0.25, 0.3) is 0 Å². The van der Waals surface area contributed by atoms with E-state index in [2.05, 4.69) is 69.2 Å². The van der Waals surface area contributed by atoms with Crippen LogP contribution in [0.25, 0.3) is 33.1 Å². The highest BCUT2D eigenvalue weighted by atomic mass is 15.2. The number of nitrogens with one attached hydrogen (secondary N) is 1. The van der Waals surface area contributed by atoms with Gasteiger partial charge in [-0.3, -0.25) is 0 Å². The number of imidazole rings is 1. The second kappa shape index (κ2) is 6.26. The van der Waals surface area contributed by atoms with E-state index >= 15 is 0 Å². The first-order valence-electron chi connectivity index (χ1n) is 10.3. The predicted octanol–water partition coefficient (Wildman–Crippen LogP) is 5.33. The van der Waals surface area contributed by atoms with Crippen molar-refractivity contribution in [3.8, 4) is 11.1 Å². The van der Waals surface area contributed by atoms with E-state index in [1.807, 2.05) is 12.5 Å². The number of aromatic nitrogens is 3. The standard InChI is InChI=1S/C24H24N4/c1-3-20(4-1)28-12-2-5-21(28)15-27-16-26-23-14-18(7-9-24(23)27)17-6-8-22-19(13-17)10-11-25-22/h2,6-14,16,20-21,25H,1,3-5,15H2. The molecule has 1 N–H and O–H groups in total. The van der Waals surface area contributed by atoms with Gasteiger partial charge < -0.3 is 14.5 Å². The van der Waals surface area contributed by atoms with Crippen LogP contribution in [0.5, 0.6) is 0 Å². The van der Waals surface area contributed by atoms with Crippen LogP contribution < -0.4 is 0 Å². The molecule has 2 aliphatic rings. The number of hydrogen-bond donors (Lipinski definition) is 1. The van der Waals surface area contributed by atoms with Crippen molar-refractivity contribution >= 4 is 21.9 Å². The van der Waals surface area contributed by atoms with Gasteiger partial charge in [-0.25, -0.2) is 4.98 Å². The molecule has 140 valence electrons. The number of aromatic amines is 1. The van der Waals surface area contributed by atoms with E-state index in [4.69, 9.17) is 4.98 Å². The van der Waals surface area contributed by atoms with Crippen LogP contribution in [0.15, 0.2) is 67.3 Å². The molecule has 4 aromatic rings. The SMILES string of the molecule is C1=CN(C2CCC2)C(Cn2cnc3cc(-c4ccc5[nH]ccc5c4)ccc32)C1. The van der Waals surface area contributed by atoms with E-state index < -0.39 is 0 Å². The molecule has 1 aliphatic carbocycles. The third kappa shape index (κ3) is 2.55. The van der Waals surface area contributed by atoms with Crippen LogP contribution in [0.2, 0.25) is 0 Å². The summed E-state index contributed by atoms with van der Waals surface area (Å²) in [5, 5.41) is 1.24. The van der Waals surface area contributed by atoms with Gasteiger partial charge >= 0.3 is 0 Å². The Hall–Kier alpha value is -3.01. The van der Waals surface area contributed by atoms with Crippen LogP contribution in [0.3, 0.4) is 0 Å². The summed E-state index contributed by atoms with van der Waals surface area (Å²) in [7, 11) is 0. The highest BCUT2D eigenvalue weighted by molar-refractivity contribution is 5.88. The summed E-state index contributed by atoms with van der Waals surface area (Å²) >= 11 is 0. The lowest BCUT2D eigenvalue weighted by Crippen LogP contribution is -2.42. The molecule has 1 unspecified atom stereocenters. The molecule has 4 nitrogen and oxygen atoms in total. The molecule has 0 spiro atoms. The minimum absolute atomic E-state index is 0.568. The zero-order chi connectivity index (χ0) is 18.5. The van der Waals surface area contributed by atoms with Crippen LogP contribution in [0.1, 0.15) is 25.7 Å². The molecular formula is C24H24N4. The maximum absolute atomic E-state index is 4.72. The molecule has 2 aromatic heterocycles. The number of fused-ring (bicyclic) bond motifs is 2. The van der Waals surface area contributed by atoms with Crippen LogP contribution in [0, 0.1) is 0 Å². The molecule has 0 radical (unpaired) electrons. The van der Waals surface area contributed by atoms with Crippen molar-refractivity contribution in [2.75, 3.05) is 0 Å². The largest absolute Gasteiger partial charge is 0.370 e. The molecule has 0 bridgehead atoms. The molecule has 2 aromatic carbocycles. The van der Waals surface area contributed by atoms with Crippen LogP contribution in [-0.4, -0.2) is 31.5 Å². The Balaban J connectivity index is 1.29. The Morgan fingerprint density at radius 1 is 1.04 bits per heavy atom. The summed E-state index contributed by atoms with van der Waals surface area (Å²) in [4.78, 5) is 10.6. The van der Waals surface area contributed by atoms with Gasteiger partial charge in [-0.05, 0) is 78.7 Å². The number of nitrogens with zero attached hydrogens (tertiary/aromatic N) is 3. The summed E-state index contributed by atoms with van der Waals surface area (Å²) in [6.45, 7) is 1.01. The first-order valence-corrected chi connectivity index (χ1v) is 10.3. The second-order valence-electron chi connectivity index (χ2n) is 8.19. The van der Waals surface area contributed by atoms with Crippen molar-refractivity contribution in [2.24, 2.45) is 0 Å². The Kier molecular flexibility index (Phi) is 3.58. The summed E-state index contributed by atoms with van der Waals surface area (Å²) < 4.78 is 2.33. The van der Waals surface area contributed by atoms with Gasteiger partial charge in [0.2, 0.25) is 0 Å². The molecule has 6 rings (SSSR count). The minimum atomic E-state index is 0.568. The zero-order valence-electron chi connectivity index (χ0n) is 15.9. The highest BCUT2D eigenvalue weighted by Crippen LogP contribution is 2.32. The Morgan fingerprint density at radius 3 is 2.82 bits per heavy atom. The van der Waals surface area contributed by atoms with Gasteiger partial charge in [0.1, 0.15) is 0 Å². The van der Waals surface area contributed by atoms with E-state index in [0.717, 1.165) is 24.5 Å². The smallest absolute Gasteiger partial charge is 0.0959 e. The van der Waals surface area contributed by atoms with Crippen LogP contribution in [-0.2, 0) is 6.54 Å². The van der Waals surface area contributed by atoms with Crippen molar-refractivity contribution in [1.82, 2.24) is 19.4 Å². The summed E-state index contributed by atoms with van der Waals surface area (Å²) in [5.41, 5.74) is 5.94. The topological polar surface area (TPSA) is 36.9 Å². The zero-order valence-corrected chi connectivity index (χ0v) is 15.9. The third-order valence-electron chi connectivity index (χ3n) is 6.52. The van der Waals surface area contributed by atoms with E-state index in [9.17, 15) is 0 Å². The molecule has 1 fully saturated rings. The lowest BCUT2D eigenvalue weighted by Gasteiger charge is -2.39. The fourth-order valence-corrected chi connectivity index (χ4v) is 4.71.